The van der Waals surface area contributed by atoms with Crippen LogP contribution in [0.25, 0.3) is 99.3 Å². The van der Waals surface area contributed by atoms with E-state index in [-0.39, 0.29) is 5.41 Å². The van der Waals surface area contributed by atoms with E-state index in [4.69, 9.17) is 9.97 Å². The first-order chi connectivity index (χ1) is 30.0. The van der Waals surface area contributed by atoms with Crippen molar-refractivity contribution in [2.24, 2.45) is 0 Å². The lowest BCUT2D eigenvalue weighted by Crippen LogP contribution is -2.18. The molecule has 0 saturated carbocycles. The van der Waals surface area contributed by atoms with Gasteiger partial charge in [-0.1, -0.05) is 172 Å². The third-order valence-corrected chi connectivity index (χ3v) is 12.8. The van der Waals surface area contributed by atoms with Crippen LogP contribution in [0.4, 0.5) is 0 Å². The highest BCUT2D eigenvalue weighted by molar-refractivity contribution is 6.22. The van der Waals surface area contributed by atoms with Gasteiger partial charge in [-0.2, -0.15) is 0 Å². The minimum atomic E-state index is -0.199. The van der Waals surface area contributed by atoms with Crippen molar-refractivity contribution in [1.82, 2.24) is 19.1 Å². The molecule has 288 valence electrons. The van der Waals surface area contributed by atoms with Crippen LogP contribution < -0.4 is 0 Å². The molecule has 0 aliphatic rings. The zero-order chi connectivity index (χ0) is 40.7. The molecular formula is C57H40N4. The Bertz CT molecular complexity index is 3670. The largest absolute Gasteiger partial charge is 0.309 e. The molecule has 0 N–H and O–H groups in total. The fourth-order valence-corrected chi connectivity index (χ4v) is 9.72. The van der Waals surface area contributed by atoms with Gasteiger partial charge >= 0.3 is 0 Å². The number of aromatic nitrogens is 4. The Morgan fingerprint density at radius 2 is 0.967 bits per heavy atom. The second kappa shape index (κ2) is 13.6. The van der Waals surface area contributed by atoms with E-state index in [2.05, 4.69) is 229 Å². The number of nitrogens with zero attached hydrogens (tertiary/aromatic N) is 4. The Hall–Kier alpha value is -7.82. The molecular weight excluding hydrogens is 741 g/mol. The molecule has 0 unspecified atom stereocenters. The highest BCUT2D eigenvalue weighted by atomic mass is 15.2. The smallest absolute Gasteiger partial charge is 0.235 e. The molecule has 0 aliphatic carbocycles. The SMILES string of the molecule is CC(C)(c1ccccc1)c1cccc(-c2nc(-n3c4ccccc4c4cc(-c5ccc6c7ccccc7n(-c7ccccc7)c6c5)c5ccccc5c43)nc3ccccc23)c1. The first kappa shape index (κ1) is 35.2. The highest BCUT2D eigenvalue weighted by Gasteiger charge is 2.25. The van der Waals surface area contributed by atoms with Gasteiger partial charge in [-0.15, -0.1) is 0 Å². The Balaban J connectivity index is 1.10. The zero-order valence-corrected chi connectivity index (χ0v) is 33.9. The zero-order valence-electron chi connectivity index (χ0n) is 33.9. The summed E-state index contributed by atoms with van der Waals surface area (Å²) in [6, 6.07) is 74.3. The Labute approximate surface area is 353 Å². The van der Waals surface area contributed by atoms with Crippen LogP contribution in [0.15, 0.2) is 206 Å². The van der Waals surface area contributed by atoms with Gasteiger partial charge in [0.25, 0.3) is 0 Å². The van der Waals surface area contributed by atoms with Crippen LogP contribution in [0.3, 0.4) is 0 Å². The number of para-hydroxylation sites is 4. The third kappa shape index (κ3) is 5.46. The van der Waals surface area contributed by atoms with Crippen LogP contribution in [-0.2, 0) is 5.41 Å². The van der Waals surface area contributed by atoms with E-state index >= 15 is 0 Å². The van der Waals surface area contributed by atoms with Gasteiger partial charge in [0, 0.05) is 49.0 Å². The summed E-state index contributed by atoms with van der Waals surface area (Å²) in [6.07, 6.45) is 0. The molecule has 4 nitrogen and oxygen atoms in total. The maximum atomic E-state index is 5.54. The number of hydrogen-bond donors (Lipinski definition) is 0. The van der Waals surface area contributed by atoms with Gasteiger partial charge in [-0.3, -0.25) is 4.57 Å². The normalized spacial score (nSPS) is 12.1. The predicted molar refractivity (Wildman–Crippen MR) is 255 cm³/mol. The minimum absolute atomic E-state index is 0.199. The molecule has 0 radical (unpaired) electrons. The molecule has 12 aromatic rings. The quantitative estimate of drug-likeness (QED) is 0.168. The molecule has 0 aliphatic heterocycles. The fraction of sp³-hybridized carbons (Fsp3) is 0.0526. The van der Waals surface area contributed by atoms with Crippen molar-refractivity contribution in [1.29, 1.82) is 0 Å². The Kier molecular flexibility index (Phi) is 7.85. The van der Waals surface area contributed by atoms with E-state index in [1.165, 1.54) is 49.4 Å². The fourth-order valence-electron chi connectivity index (χ4n) is 9.72. The van der Waals surface area contributed by atoms with Gasteiger partial charge in [-0.25, -0.2) is 9.97 Å². The van der Waals surface area contributed by atoms with Crippen LogP contribution in [0.5, 0.6) is 0 Å². The summed E-state index contributed by atoms with van der Waals surface area (Å²) in [4.78, 5) is 10.9. The first-order valence-corrected chi connectivity index (χ1v) is 21.0. The van der Waals surface area contributed by atoms with Crippen LogP contribution in [0, 0.1) is 0 Å². The van der Waals surface area contributed by atoms with Crippen LogP contribution in [0.2, 0.25) is 0 Å². The van der Waals surface area contributed by atoms with E-state index in [9.17, 15) is 0 Å². The van der Waals surface area contributed by atoms with Gasteiger partial charge in [0.2, 0.25) is 5.95 Å². The summed E-state index contributed by atoms with van der Waals surface area (Å²) < 4.78 is 4.69. The average Bonchev–Trinajstić information content (AvgIpc) is 3.84. The number of fused-ring (bicyclic) bond motifs is 9. The molecule has 0 amide bonds. The highest BCUT2D eigenvalue weighted by Crippen LogP contribution is 2.43. The Morgan fingerprint density at radius 1 is 0.377 bits per heavy atom. The van der Waals surface area contributed by atoms with Crippen molar-refractivity contribution in [2.75, 3.05) is 0 Å². The molecule has 0 bridgehead atoms. The third-order valence-electron chi connectivity index (χ3n) is 12.8. The number of hydrogen-bond acceptors (Lipinski definition) is 2. The average molecular weight is 781 g/mol. The minimum Gasteiger partial charge on any atom is -0.309 e. The van der Waals surface area contributed by atoms with E-state index < -0.39 is 0 Å². The van der Waals surface area contributed by atoms with Crippen molar-refractivity contribution in [3.8, 4) is 34.0 Å². The lowest BCUT2D eigenvalue weighted by Gasteiger charge is -2.26. The molecule has 4 heteroatoms. The topological polar surface area (TPSA) is 35.6 Å². The van der Waals surface area contributed by atoms with E-state index in [1.54, 1.807) is 0 Å². The van der Waals surface area contributed by atoms with Gasteiger partial charge in [-0.05, 0) is 76.2 Å². The van der Waals surface area contributed by atoms with E-state index in [1.807, 2.05) is 0 Å². The second-order valence-electron chi connectivity index (χ2n) is 16.6. The summed E-state index contributed by atoms with van der Waals surface area (Å²) >= 11 is 0. The Morgan fingerprint density at radius 3 is 1.74 bits per heavy atom. The van der Waals surface area contributed by atoms with Gasteiger partial charge < -0.3 is 4.57 Å². The van der Waals surface area contributed by atoms with Gasteiger partial charge in [0.05, 0.1) is 33.3 Å². The predicted octanol–water partition coefficient (Wildman–Crippen LogP) is 14.6. The molecule has 12 rings (SSSR count). The summed E-state index contributed by atoms with van der Waals surface area (Å²) in [5, 5.41) is 8.17. The van der Waals surface area contributed by atoms with Crippen molar-refractivity contribution in [2.45, 2.75) is 19.3 Å². The monoisotopic (exact) mass is 780 g/mol. The molecule has 61 heavy (non-hydrogen) atoms. The molecule has 0 fully saturated rings. The van der Waals surface area contributed by atoms with Crippen LogP contribution >= 0.6 is 0 Å². The second-order valence-corrected chi connectivity index (χ2v) is 16.6. The van der Waals surface area contributed by atoms with E-state index in [0.29, 0.717) is 5.95 Å². The lowest BCUT2D eigenvalue weighted by molar-refractivity contribution is 0.641. The van der Waals surface area contributed by atoms with Gasteiger partial charge in [0.1, 0.15) is 0 Å². The summed E-state index contributed by atoms with van der Waals surface area (Å²) in [5.74, 6) is 0.652. The molecule has 3 heterocycles. The number of rotatable bonds is 6. The summed E-state index contributed by atoms with van der Waals surface area (Å²) in [6.45, 7) is 4.59. The van der Waals surface area contributed by atoms with Crippen molar-refractivity contribution >= 4 is 65.3 Å². The first-order valence-electron chi connectivity index (χ1n) is 21.0. The van der Waals surface area contributed by atoms with Crippen LogP contribution in [-0.4, -0.2) is 19.1 Å². The molecule has 0 spiro atoms. The lowest BCUT2D eigenvalue weighted by atomic mass is 9.77. The standard InChI is InChI=1S/C57H40N4/c1-57(2,39-19-5-3-6-20-39)40-21-17-18-38(34-40)54-47-28-11-14-29-50(47)58-56(59-54)61-52-31-16-13-26-44(52)49-36-48(42-24-9-10-27-46(42)55(49)61)37-32-33-45-43-25-12-15-30-51(43)60(53(45)35-37)41-22-7-4-8-23-41/h3-36H,1-2H3. The van der Waals surface area contributed by atoms with Crippen molar-refractivity contribution in [3.05, 3.63) is 217 Å². The maximum Gasteiger partial charge on any atom is 0.235 e. The summed E-state index contributed by atoms with van der Waals surface area (Å²) in [5.41, 5.74) is 13.3. The molecule has 0 saturated heterocycles. The summed E-state index contributed by atoms with van der Waals surface area (Å²) in [7, 11) is 0. The molecule has 0 atom stereocenters. The van der Waals surface area contributed by atoms with Crippen LogP contribution in [0.1, 0.15) is 25.0 Å². The van der Waals surface area contributed by atoms with Crippen molar-refractivity contribution in [3.63, 3.8) is 0 Å². The van der Waals surface area contributed by atoms with E-state index in [0.717, 1.165) is 55.0 Å². The molecule has 3 aromatic heterocycles. The molecule has 9 aromatic carbocycles. The van der Waals surface area contributed by atoms with Crippen molar-refractivity contribution < 1.29 is 0 Å². The maximum absolute atomic E-state index is 5.54. The van der Waals surface area contributed by atoms with Gasteiger partial charge in [0.15, 0.2) is 0 Å². The number of benzene rings is 9.